The van der Waals surface area contributed by atoms with Gasteiger partial charge in [0.25, 0.3) is 0 Å². The van der Waals surface area contributed by atoms with Crippen LogP contribution in [0, 0.1) is 6.92 Å². The molecule has 1 aromatic heterocycles. The van der Waals surface area contributed by atoms with E-state index in [1.165, 1.54) is 10.8 Å². The third kappa shape index (κ3) is 2.16. The van der Waals surface area contributed by atoms with Crippen LogP contribution in [-0.4, -0.2) is 12.1 Å². The molecular formula is C14H16BrNO. The second kappa shape index (κ2) is 4.65. The van der Waals surface area contributed by atoms with Gasteiger partial charge in [-0.15, -0.1) is 0 Å². The SMILES string of the molecule is COc1ccc2c(C)nc(C(C)C)cc2c1Br. The molecule has 0 aliphatic rings. The number of aromatic nitrogens is 1. The van der Waals surface area contributed by atoms with Gasteiger partial charge in [0.2, 0.25) is 0 Å². The number of hydrogen-bond acceptors (Lipinski definition) is 2. The third-order valence-electron chi connectivity index (χ3n) is 2.93. The highest BCUT2D eigenvalue weighted by molar-refractivity contribution is 9.10. The Bertz CT molecular complexity index is 564. The van der Waals surface area contributed by atoms with E-state index in [0.717, 1.165) is 21.6 Å². The summed E-state index contributed by atoms with van der Waals surface area (Å²) >= 11 is 3.61. The average molecular weight is 294 g/mol. The zero-order valence-electron chi connectivity index (χ0n) is 10.5. The molecule has 0 saturated heterocycles. The van der Waals surface area contributed by atoms with Crippen LogP contribution in [0.25, 0.3) is 10.8 Å². The number of ether oxygens (including phenoxy) is 1. The number of aryl methyl sites for hydroxylation is 1. The second-order valence-corrected chi connectivity index (χ2v) is 5.26. The maximum atomic E-state index is 5.33. The lowest BCUT2D eigenvalue weighted by Gasteiger charge is -2.12. The minimum absolute atomic E-state index is 0.427. The summed E-state index contributed by atoms with van der Waals surface area (Å²) in [4.78, 5) is 4.64. The smallest absolute Gasteiger partial charge is 0.133 e. The van der Waals surface area contributed by atoms with Gasteiger partial charge in [-0.3, -0.25) is 4.98 Å². The molecule has 0 fully saturated rings. The molecule has 2 aromatic rings. The fourth-order valence-electron chi connectivity index (χ4n) is 1.92. The summed E-state index contributed by atoms with van der Waals surface area (Å²) in [5.74, 6) is 1.29. The van der Waals surface area contributed by atoms with Crippen molar-refractivity contribution in [3.05, 3.63) is 34.1 Å². The van der Waals surface area contributed by atoms with Crippen molar-refractivity contribution in [1.29, 1.82) is 0 Å². The zero-order chi connectivity index (χ0) is 12.6. The number of rotatable bonds is 2. The Morgan fingerprint density at radius 1 is 1.24 bits per heavy atom. The summed E-state index contributed by atoms with van der Waals surface area (Å²) in [6.45, 7) is 6.36. The first-order valence-corrected chi connectivity index (χ1v) is 6.47. The Balaban J connectivity index is 2.79. The molecule has 1 aromatic carbocycles. The van der Waals surface area contributed by atoms with Crippen LogP contribution in [0.1, 0.15) is 31.2 Å². The quantitative estimate of drug-likeness (QED) is 0.817. The van der Waals surface area contributed by atoms with E-state index in [2.05, 4.69) is 46.9 Å². The van der Waals surface area contributed by atoms with Crippen molar-refractivity contribution in [1.82, 2.24) is 4.98 Å². The van der Waals surface area contributed by atoms with Crippen LogP contribution < -0.4 is 4.74 Å². The predicted molar refractivity (Wildman–Crippen MR) is 74.8 cm³/mol. The van der Waals surface area contributed by atoms with Gasteiger partial charge in [0.1, 0.15) is 5.75 Å². The number of benzene rings is 1. The van der Waals surface area contributed by atoms with E-state index in [0.29, 0.717) is 5.92 Å². The van der Waals surface area contributed by atoms with Gasteiger partial charge in [-0.05, 0) is 47.0 Å². The predicted octanol–water partition coefficient (Wildman–Crippen LogP) is 4.44. The normalized spacial score (nSPS) is 11.2. The van der Waals surface area contributed by atoms with Crippen molar-refractivity contribution in [2.24, 2.45) is 0 Å². The van der Waals surface area contributed by atoms with Gasteiger partial charge in [-0.1, -0.05) is 13.8 Å². The number of nitrogens with zero attached hydrogens (tertiary/aromatic N) is 1. The molecule has 17 heavy (non-hydrogen) atoms. The summed E-state index contributed by atoms with van der Waals surface area (Å²) in [7, 11) is 1.68. The second-order valence-electron chi connectivity index (χ2n) is 4.46. The van der Waals surface area contributed by atoms with E-state index in [9.17, 15) is 0 Å². The molecule has 0 aliphatic carbocycles. The molecule has 2 nitrogen and oxygen atoms in total. The molecule has 0 aliphatic heterocycles. The lowest BCUT2D eigenvalue weighted by molar-refractivity contribution is 0.413. The van der Waals surface area contributed by atoms with E-state index in [-0.39, 0.29) is 0 Å². The Morgan fingerprint density at radius 3 is 2.53 bits per heavy atom. The molecule has 0 atom stereocenters. The largest absolute Gasteiger partial charge is 0.496 e. The topological polar surface area (TPSA) is 22.1 Å². The van der Waals surface area contributed by atoms with Crippen molar-refractivity contribution in [3.63, 3.8) is 0 Å². The van der Waals surface area contributed by atoms with Crippen molar-refractivity contribution >= 4 is 26.7 Å². The lowest BCUT2D eigenvalue weighted by Crippen LogP contribution is -1.96. The van der Waals surface area contributed by atoms with Crippen molar-refractivity contribution < 1.29 is 4.74 Å². The molecule has 2 rings (SSSR count). The van der Waals surface area contributed by atoms with Crippen LogP contribution in [-0.2, 0) is 0 Å². The van der Waals surface area contributed by atoms with Crippen LogP contribution in [0.5, 0.6) is 5.75 Å². The molecule has 0 radical (unpaired) electrons. The van der Waals surface area contributed by atoms with Gasteiger partial charge in [0, 0.05) is 22.2 Å². The van der Waals surface area contributed by atoms with E-state index >= 15 is 0 Å². The maximum Gasteiger partial charge on any atom is 0.133 e. The van der Waals surface area contributed by atoms with Crippen LogP contribution in [0.15, 0.2) is 22.7 Å². The number of pyridine rings is 1. The highest BCUT2D eigenvalue weighted by Gasteiger charge is 2.11. The van der Waals surface area contributed by atoms with Gasteiger partial charge >= 0.3 is 0 Å². The fraction of sp³-hybridized carbons (Fsp3) is 0.357. The highest BCUT2D eigenvalue weighted by atomic mass is 79.9. The van der Waals surface area contributed by atoms with Gasteiger partial charge < -0.3 is 4.74 Å². The molecule has 0 unspecified atom stereocenters. The minimum atomic E-state index is 0.427. The van der Waals surface area contributed by atoms with E-state index < -0.39 is 0 Å². The standard InChI is InChI=1S/C14H16BrNO/c1-8(2)12-7-11-10(9(3)16-12)5-6-13(17-4)14(11)15/h5-8H,1-4H3. The molecule has 90 valence electrons. The van der Waals surface area contributed by atoms with E-state index in [1.54, 1.807) is 7.11 Å². The van der Waals surface area contributed by atoms with Crippen LogP contribution in [0.3, 0.4) is 0 Å². The van der Waals surface area contributed by atoms with Crippen LogP contribution >= 0.6 is 15.9 Å². The summed E-state index contributed by atoms with van der Waals surface area (Å²) in [5, 5.41) is 2.34. The molecule has 0 saturated carbocycles. The molecule has 1 heterocycles. The number of halogens is 1. The number of hydrogen-bond donors (Lipinski definition) is 0. The summed E-state index contributed by atoms with van der Waals surface area (Å²) in [6, 6.07) is 6.17. The Kier molecular flexibility index (Phi) is 3.38. The molecule has 0 spiro atoms. The molecule has 0 bridgehead atoms. The van der Waals surface area contributed by atoms with Gasteiger partial charge in [0.05, 0.1) is 11.6 Å². The number of fused-ring (bicyclic) bond motifs is 1. The van der Waals surface area contributed by atoms with Crippen molar-refractivity contribution in [2.45, 2.75) is 26.7 Å². The third-order valence-corrected chi connectivity index (χ3v) is 3.75. The van der Waals surface area contributed by atoms with Crippen molar-refractivity contribution in [3.8, 4) is 5.75 Å². The molecule has 0 N–H and O–H groups in total. The zero-order valence-corrected chi connectivity index (χ0v) is 12.1. The van der Waals surface area contributed by atoms with Gasteiger partial charge in [0.15, 0.2) is 0 Å². The van der Waals surface area contributed by atoms with E-state index in [1.807, 2.05) is 13.0 Å². The first kappa shape index (κ1) is 12.4. The molecule has 3 heteroatoms. The monoisotopic (exact) mass is 293 g/mol. The lowest BCUT2D eigenvalue weighted by atomic mass is 10.0. The summed E-state index contributed by atoms with van der Waals surface area (Å²) in [6.07, 6.45) is 0. The van der Waals surface area contributed by atoms with Crippen LogP contribution in [0.4, 0.5) is 0 Å². The van der Waals surface area contributed by atoms with E-state index in [4.69, 9.17) is 4.74 Å². The first-order valence-electron chi connectivity index (χ1n) is 5.68. The Morgan fingerprint density at radius 2 is 1.94 bits per heavy atom. The average Bonchev–Trinajstić information content (AvgIpc) is 2.30. The Hall–Kier alpha value is -1.09. The maximum absolute atomic E-state index is 5.33. The Labute approximate surface area is 110 Å². The minimum Gasteiger partial charge on any atom is -0.496 e. The molecule has 0 amide bonds. The summed E-state index contributed by atoms with van der Waals surface area (Å²) in [5.41, 5.74) is 2.18. The highest BCUT2D eigenvalue weighted by Crippen LogP contribution is 2.35. The fourth-order valence-corrected chi connectivity index (χ4v) is 2.54. The van der Waals surface area contributed by atoms with Crippen molar-refractivity contribution in [2.75, 3.05) is 7.11 Å². The summed E-state index contributed by atoms with van der Waals surface area (Å²) < 4.78 is 6.33. The molecular weight excluding hydrogens is 278 g/mol. The number of methoxy groups -OCH3 is 1. The van der Waals surface area contributed by atoms with Gasteiger partial charge in [-0.25, -0.2) is 0 Å². The van der Waals surface area contributed by atoms with Gasteiger partial charge in [-0.2, -0.15) is 0 Å². The first-order chi connectivity index (χ1) is 8.04. The van der Waals surface area contributed by atoms with Crippen LogP contribution in [0.2, 0.25) is 0 Å².